The Kier molecular flexibility index (Phi) is 2.45. The second kappa shape index (κ2) is 3.76. The van der Waals surface area contributed by atoms with E-state index >= 15 is 0 Å². The van der Waals surface area contributed by atoms with E-state index in [9.17, 15) is 0 Å². The number of aromatic nitrogens is 4. The van der Waals surface area contributed by atoms with Crippen molar-refractivity contribution in [3.63, 3.8) is 0 Å². The molecule has 0 unspecified atom stereocenters. The van der Waals surface area contributed by atoms with Gasteiger partial charge in [0, 0.05) is 6.42 Å². The van der Waals surface area contributed by atoms with Crippen LogP contribution in [0.2, 0.25) is 0 Å². The quantitative estimate of drug-likeness (QED) is 0.737. The van der Waals surface area contributed by atoms with E-state index in [4.69, 9.17) is 4.74 Å². The molecule has 0 bridgehead atoms. The Labute approximate surface area is 87.6 Å². The summed E-state index contributed by atoms with van der Waals surface area (Å²) in [5.74, 6) is 1.28. The lowest BCUT2D eigenvalue weighted by molar-refractivity contribution is 0.397. The lowest BCUT2D eigenvalue weighted by Gasteiger charge is -2.03. The minimum absolute atomic E-state index is 0.485. The average molecular weight is 204 g/mol. The fourth-order valence-electron chi connectivity index (χ4n) is 1.34. The maximum absolute atomic E-state index is 5.00. The predicted molar refractivity (Wildman–Crippen MR) is 55.8 cm³/mol. The first-order valence-electron chi connectivity index (χ1n) is 4.79. The standard InChI is InChI=1S/C10H12N4O/c1-4-7-12-6(2)9-10(13-7)11-5-8(14-9)15-3/h5H,4H2,1-3H3. The molecule has 0 atom stereocenters. The third-order valence-electron chi connectivity index (χ3n) is 2.13. The molecule has 2 rings (SSSR count). The maximum atomic E-state index is 5.00. The molecule has 0 radical (unpaired) electrons. The summed E-state index contributed by atoms with van der Waals surface area (Å²) < 4.78 is 5.00. The van der Waals surface area contributed by atoms with Gasteiger partial charge in [-0.2, -0.15) is 0 Å². The predicted octanol–water partition coefficient (Wildman–Crippen LogP) is 1.30. The lowest BCUT2D eigenvalue weighted by atomic mass is 10.3. The van der Waals surface area contributed by atoms with Gasteiger partial charge in [-0.1, -0.05) is 6.92 Å². The van der Waals surface area contributed by atoms with Gasteiger partial charge in [-0.3, -0.25) is 0 Å². The number of nitrogens with zero attached hydrogens (tertiary/aromatic N) is 4. The first kappa shape index (κ1) is 9.76. The van der Waals surface area contributed by atoms with Crippen molar-refractivity contribution in [2.75, 3.05) is 7.11 Å². The molecule has 2 aromatic heterocycles. The summed E-state index contributed by atoms with van der Waals surface area (Å²) in [5, 5.41) is 0. The van der Waals surface area contributed by atoms with Gasteiger partial charge in [-0.15, -0.1) is 0 Å². The monoisotopic (exact) mass is 204 g/mol. The molecule has 0 aromatic carbocycles. The minimum Gasteiger partial charge on any atom is -0.480 e. The highest BCUT2D eigenvalue weighted by Crippen LogP contribution is 2.14. The van der Waals surface area contributed by atoms with Gasteiger partial charge in [-0.05, 0) is 6.92 Å². The Morgan fingerprint density at radius 2 is 2.07 bits per heavy atom. The summed E-state index contributed by atoms with van der Waals surface area (Å²) in [5.41, 5.74) is 2.16. The summed E-state index contributed by atoms with van der Waals surface area (Å²) in [4.78, 5) is 17.1. The molecule has 0 saturated heterocycles. The Balaban J connectivity index is 2.68. The van der Waals surface area contributed by atoms with E-state index in [-0.39, 0.29) is 0 Å². The number of rotatable bonds is 2. The minimum atomic E-state index is 0.485. The van der Waals surface area contributed by atoms with E-state index in [0.717, 1.165) is 17.9 Å². The van der Waals surface area contributed by atoms with Crippen molar-refractivity contribution < 1.29 is 4.74 Å². The highest BCUT2D eigenvalue weighted by Gasteiger charge is 2.07. The molecule has 2 heterocycles. The smallest absolute Gasteiger partial charge is 0.232 e. The van der Waals surface area contributed by atoms with Crippen LogP contribution in [0.25, 0.3) is 11.2 Å². The van der Waals surface area contributed by atoms with Gasteiger partial charge in [-0.25, -0.2) is 19.9 Å². The zero-order chi connectivity index (χ0) is 10.8. The summed E-state index contributed by atoms with van der Waals surface area (Å²) in [7, 11) is 1.56. The third kappa shape index (κ3) is 1.72. The van der Waals surface area contributed by atoms with Crippen molar-refractivity contribution in [2.24, 2.45) is 0 Å². The average Bonchev–Trinajstić information content (AvgIpc) is 2.28. The second-order valence-electron chi connectivity index (χ2n) is 3.16. The van der Waals surface area contributed by atoms with Crippen LogP contribution in [0.4, 0.5) is 0 Å². The van der Waals surface area contributed by atoms with Crippen LogP contribution in [0.1, 0.15) is 18.4 Å². The molecular formula is C10H12N4O. The Hall–Kier alpha value is -1.78. The molecule has 5 nitrogen and oxygen atoms in total. The molecule has 78 valence electrons. The zero-order valence-corrected chi connectivity index (χ0v) is 8.98. The van der Waals surface area contributed by atoms with Crippen LogP contribution in [0, 0.1) is 6.92 Å². The second-order valence-corrected chi connectivity index (χ2v) is 3.16. The van der Waals surface area contributed by atoms with E-state index in [0.29, 0.717) is 17.0 Å². The van der Waals surface area contributed by atoms with Crippen LogP contribution in [0.15, 0.2) is 6.20 Å². The Morgan fingerprint density at radius 1 is 1.27 bits per heavy atom. The van der Waals surface area contributed by atoms with E-state index in [2.05, 4.69) is 19.9 Å². The van der Waals surface area contributed by atoms with Crippen molar-refractivity contribution in [2.45, 2.75) is 20.3 Å². The summed E-state index contributed by atoms with van der Waals surface area (Å²) in [6.45, 7) is 3.91. The van der Waals surface area contributed by atoms with Crippen molar-refractivity contribution in [3.05, 3.63) is 17.7 Å². The van der Waals surface area contributed by atoms with Crippen LogP contribution in [-0.2, 0) is 6.42 Å². The Morgan fingerprint density at radius 3 is 2.73 bits per heavy atom. The van der Waals surface area contributed by atoms with Gasteiger partial charge in [0.1, 0.15) is 11.3 Å². The molecule has 0 amide bonds. The van der Waals surface area contributed by atoms with Crippen LogP contribution < -0.4 is 4.74 Å². The maximum Gasteiger partial charge on any atom is 0.232 e. The van der Waals surface area contributed by atoms with E-state index in [1.165, 1.54) is 0 Å². The van der Waals surface area contributed by atoms with Gasteiger partial charge in [0.15, 0.2) is 5.65 Å². The van der Waals surface area contributed by atoms with Crippen molar-refractivity contribution in [3.8, 4) is 5.88 Å². The van der Waals surface area contributed by atoms with Gasteiger partial charge in [0.25, 0.3) is 0 Å². The third-order valence-corrected chi connectivity index (χ3v) is 2.13. The number of hydrogen-bond acceptors (Lipinski definition) is 5. The van der Waals surface area contributed by atoms with E-state index < -0.39 is 0 Å². The molecule has 0 fully saturated rings. The molecule has 2 aromatic rings. The molecule has 0 saturated carbocycles. The first-order chi connectivity index (χ1) is 7.24. The van der Waals surface area contributed by atoms with Gasteiger partial charge >= 0.3 is 0 Å². The van der Waals surface area contributed by atoms with Crippen LogP contribution >= 0.6 is 0 Å². The fraction of sp³-hybridized carbons (Fsp3) is 0.400. The molecular weight excluding hydrogens is 192 g/mol. The molecule has 0 aliphatic carbocycles. The molecule has 0 aliphatic rings. The first-order valence-corrected chi connectivity index (χ1v) is 4.79. The Bertz CT molecular complexity index is 498. The molecule has 15 heavy (non-hydrogen) atoms. The lowest BCUT2D eigenvalue weighted by Crippen LogP contribution is -2.01. The molecule has 0 spiro atoms. The number of fused-ring (bicyclic) bond motifs is 1. The largest absolute Gasteiger partial charge is 0.480 e. The highest BCUT2D eigenvalue weighted by molar-refractivity contribution is 5.72. The highest BCUT2D eigenvalue weighted by atomic mass is 16.5. The zero-order valence-electron chi connectivity index (χ0n) is 8.98. The van der Waals surface area contributed by atoms with Gasteiger partial charge in [0.05, 0.1) is 19.0 Å². The van der Waals surface area contributed by atoms with Crippen LogP contribution in [0.3, 0.4) is 0 Å². The van der Waals surface area contributed by atoms with Crippen LogP contribution in [-0.4, -0.2) is 27.0 Å². The number of aryl methyl sites for hydroxylation is 2. The summed E-state index contributed by atoms with van der Waals surface area (Å²) in [6, 6.07) is 0. The van der Waals surface area contributed by atoms with Crippen molar-refractivity contribution in [1.29, 1.82) is 0 Å². The molecule has 0 aliphatic heterocycles. The molecule has 0 N–H and O–H groups in total. The number of ether oxygens (including phenoxy) is 1. The SMILES string of the molecule is CCc1nc(C)c2nc(OC)cnc2n1. The van der Waals surface area contributed by atoms with Crippen molar-refractivity contribution in [1.82, 2.24) is 19.9 Å². The number of hydrogen-bond donors (Lipinski definition) is 0. The van der Waals surface area contributed by atoms with Gasteiger partial charge < -0.3 is 4.74 Å². The summed E-state index contributed by atoms with van der Waals surface area (Å²) >= 11 is 0. The van der Waals surface area contributed by atoms with E-state index in [1.807, 2.05) is 13.8 Å². The summed E-state index contributed by atoms with van der Waals surface area (Å²) in [6.07, 6.45) is 2.36. The van der Waals surface area contributed by atoms with E-state index in [1.54, 1.807) is 13.3 Å². The number of methoxy groups -OCH3 is 1. The van der Waals surface area contributed by atoms with Crippen molar-refractivity contribution >= 4 is 11.2 Å². The fourth-order valence-corrected chi connectivity index (χ4v) is 1.34. The molecule has 5 heteroatoms. The van der Waals surface area contributed by atoms with Crippen LogP contribution in [0.5, 0.6) is 5.88 Å². The van der Waals surface area contributed by atoms with Gasteiger partial charge in [0.2, 0.25) is 5.88 Å². The topological polar surface area (TPSA) is 60.8 Å². The normalized spacial score (nSPS) is 10.6.